The number of benzene rings is 1. The Morgan fingerprint density at radius 1 is 1.12 bits per heavy atom. The SMILES string of the molecule is COc1cc(Nc2ncc(Cl)c(N3CCOCC3)n2)cc(OC)c1. The number of nitrogens with zero attached hydrogens (tertiary/aromatic N) is 3. The Kier molecular flexibility index (Phi) is 5.22. The van der Waals surface area contributed by atoms with Crippen molar-refractivity contribution >= 4 is 29.1 Å². The van der Waals surface area contributed by atoms with Crippen LogP contribution in [0.4, 0.5) is 17.5 Å². The molecule has 128 valence electrons. The average Bonchev–Trinajstić information content (AvgIpc) is 2.63. The van der Waals surface area contributed by atoms with Crippen molar-refractivity contribution in [2.24, 2.45) is 0 Å². The zero-order valence-electron chi connectivity index (χ0n) is 13.6. The lowest BCUT2D eigenvalue weighted by Gasteiger charge is -2.28. The van der Waals surface area contributed by atoms with E-state index in [2.05, 4.69) is 20.2 Å². The third kappa shape index (κ3) is 3.80. The first kappa shape index (κ1) is 16.6. The van der Waals surface area contributed by atoms with Crippen molar-refractivity contribution in [2.75, 3.05) is 50.7 Å². The summed E-state index contributed by atoms with van der Waals surface area (Å²) in [6.45, 7) is 2.83. The van der Waals surface area contributed by atoms with Gasteiger partial charge in [0, 0.05) is 37.0 Å². The highest BCUT2D eigenvalue weighted by molar-refractivity contribution is 6.32. The first-order valence-electron chi connectivity index (χ1n) is 7.55. The van der Waals surface area contributed by atoms with Gasteiger partial charge in [0.2, 0.25) is 5.95 Å². The molecule has 1 N–H and O–H groups in total. The van der Waals surface area contributed by atoms with Gasteiger partial charge in [0.05, 0.1) is 33.6 Å². The normalized spacial score (nSPS) is 14.4. The fourth-order valence-corrected chi connectivity index (χ4v) is 2.63. The molecule has 0 unspecified atom stereocenters. The maximum atomic E-state index is 6.25. The molecule has 3 rings (SSSR count). The van der Waals surface area contributed by atoms with E-state index in [0.29, 0.717) is 41.5 Å². The fraction of sp³-hybridized carbons (Fsp3) is 0.375. The van der Waals surface area contributed by atoms with Gasteiger partial charge in [-0.15, -0.1) is 0 Å². The molecule has 0 spiro atoms. The predicted octanol–water partition coefficient (Wildman–Crippen LogP) is 2.73. The zero-order chi connectivity index (χ0) is 16.9. The molecule has 1 aliphatic rings. The van der Waals surface area contributed by atoms with Crippen LogP contribution in [0.5, 0.6) is 11.5 Å². The van der Waals surface area contributed by atoms with Crippen LogP contribution < -0.4 is 19.7 Å². The molecule has 0 radical (unpaired) electrons. The van der Waals surface area contributed by atoms with Crippen LogP contribution in [0.15, 0.2) is 24.4 Å². The topological polar surface area (TPSA) is 68.7 Å². The minimum atomic E-state index is 0.455. The molecule has 2 aromatic rings. The van der Waals surface area contributed by atoms with Gasteiger partial charge in [0.15, 0.2) is 5.82 Å². The summed E-state index contributed by atoms with van der Waals surface area (Å²) in [5.41, 5.74) is 0.765. The summed E-state index contributed by atoms with van der Waals surface area (Å²) in [5.74, 6) is 2.52. The van der Waals surface area contributed by atoms with Crippen molar-refractivity contribution in [3.05, 3.63) is 29.4 Å². The van der Waals surface area contributed by atoms with Crippen LogP contribution >= 0.6 is 11.6 Å². The summed E-state index contributed by atoms with van der Waals surface area (Å²) >= 11 is 6.25. The molecule has 7 nitrogen and oxygen atoms in total. The Morgan fingerprint density at radius 3 is 2.42 bits per heavy atom. The van der Waals surface area contributed by atoms with Gasteiger partial charge in [-0.05, 0) is 0 Å². The van der Waals surface area contributed by atoms with Gasteiger partial charge in [0.1, 0.15) is 16.5 Å². The first-order chi connectivity index (χ1) is 11.7. The van der Waals surface area contributed by atoms with Crippen LogP contribution in [-0.4, -0.2) is 50.5 Å². The molecule has 1 aromatic carbocycles. The number of hydrogen-bond acceptors (Lipinski definition) is 7. The van der Waals surface area contributed by atoms with Gasteiger partial charge in [-0.1, -0.05) is 11.6 Å². The number of anilines is 3. The second kappa shape index (κ2) is 7.55. The van der Waals surface area contributed by atoms with E-state index in [4.69, 9.17) is 25.8 Å². The van der Waals surface area contributed by atoms with E-state index in [1.165, 1.54) is 0 Å². The standard InChI is InChI=1S/C16H19ClN4O3/c1-22-12-7-11(8-13(9-12)23-2)19-16-18-10-14(17)15(20-16)21-3-5-24-6-4-21/h7-10H,3-6H2,1-2H3,(H,18,19,20). The predicted molar refractivity (Wildman–Crippen MR) is 92.9 cm³/mol. The number of nitrogens with one attached hydrogen (secondary N) is 1. The number of methoxy groups -OCH3 is 2. The maximum absolute atomic E-state index is 6.25. The third-order valence-corrected chi connectivity index (χ3v) is 3.91. The van der Waals surface area contributed by atoms with E-state index in [0.717, 1.165) is 18.8 Å². The van der Waals surface area contributed by atoms with Crippen LogP contribution in [0, 0.1) is 0 Å². The molecule has 0 saturated carbocycles. The van der Waals surface area contributed by atoms with Crippen molar-refractivity contribution < 1.29 is 14.2 Å². The second-order valence-corrected chi connectivity index (χ2v) is 5.60. The van der Waals surface area contributed by atoms with Gasteiger partial charge in [0.25, 0.3) is 0 Å². The quantitative estimate of drug-likeness (QED) is 0.889. The molecule has 0 atom stereocenters. The molecule has 1 aromatic heterocycles. The molecule has 1 fully saturated rings. The molecule has 0 amide bonds. The monoisotopic (exact) mass is 350 g/mol. The zero-order valence-corrected chi connectivity index (χ0v) is 14.3. The van der Waals surface area contributed by atoms with E-state index in [-0.39, 0.29) is 0 Å². The number of hydrogen-bond donors (Lipinski definition) is 1. The van der Waals surface area contributed by atoms with E-state index in [1.807, 2.05) is 12.1 Å². The molecule has 2 heterocycles. The Balaban J connectivity index is 1.85. The number of halogens is 1. The highest BCUT2D eigenvalue weighted by Crippen LogP contribution is 2.29. The number of morpholine rings is 1. The van der Waals surface area contributed by atoms with Crippen molar-refractivity contribution in [1.29, 1.82) is 0 Å². The summed E-state index contributed by atoms with van der Waals surface area (Å²) < 4.78 is 15.9. The van der Waals surface area contributed by atoms with Gasteiger partial charge < -0.3 is 24.4 Å². The second-order valence-electron chi connectivity index (χ2n) is 5.19. The van der Waals surface area contributed by atoms with Crippen LogP contribution in [0.3, 0.4) is 0 Å². The van der Waals surface area contributed by atoms with Crippen LogP contribution in [0.1, 0.15) is 0 Å². The molecule has 0 aliphatic carbocycles. The summed E-state index contributed by atoms with van der Waals surface area (Å²) in [7, 11) is 3.21. The lowest BCUT2D eigenvalue weighted by molar-refractivity contribution is 0.122. The van der Waals surface area contributed by atoms with Gasteiger partial charge in [-0.2, -0.15) is 4.98 Å². The average molecular weight is 351 g/mol. The Morgan fingerprint density at radius 2 is 1.79 bits per heavy atom. The van der Waals surface area contributed by atoms with E-state index < -0.39 is 0 Å². The Bertz CT molecular complexity index is 685. The molecule has 24 heavy (non-hydrogen) atoms. The minimum absolute atomic E-state index is 0.455. The highest BCUT2D eigenvalue weighted by atomic mass is 35.5. The van der Waals surface area contributed by atoms with Gasteiger partial charge in [-0.25, -0.2) is 4.98 Å². The molecule has 1 saturated heterocycles. The van der Waals surface area contributed by atoms with E-state index in [1.54, 1.807) is 26.5 Å². The van der Waals surface area contributed by atoms with Crippen molar-refractivity contribution in [2.45, 2.75) is 0 Å². The number of rotatable bonds is 5. The highest BCUT2D eigenvalue weighted by Gasteiger charge is 2.17. The van der Waals surface area contributed by atoms with E-state index in [9.17, 15) is 0 Å². The third-order valence-electron chi connectivity index (χ3n) is 3.64. The summed E-state index contributed by atoms with van der Waals surface area (Å²) in [6, 6.07) is 5.48. The lowest BCUT2D eigenvalue weighted by atomic mass is 10.3. The lowest BCUT2D eigenvalue weighted by Crippen LogP contribution is -2.37. The number of aromatic nitrogens is 2. The van der Waals surface area contributed by atoms with Crippen LogP contribution in [0.2, 0.25) is 5.02 Å². The summed E-state index contributed by atoms with van der Waals surface area (Å²) in [5, 5.41) is 3.68. The number of ether oxygens (including phenoxy) is 3. The maximum Gasteiger partial charge on any atom is 0.229 e. The van der Waals surface area contributed by atoms with E-state index >= 15 is 0 Å². The largest absolute Gasteiger partial charge is 0.497 e. The Hall–Kier alpha value is -2.25. The first-order valence-corrected chi connectivity index (χ1v) is 7.92. The van der Waals surface area contributed by atoms with Gasteiger partial charge >= 0.3 is 0 Å². The molecule has 8 heteroatoms. The fourth-order valence-electron chi connectivity index (χ4n) is 2.42. The summed E-state index contributed by atoms with van der Waals surface area (Å²) in [6.07, 6.45) is 1.60. The van der Waals surface area contributed by atoms with Crippen LogP contribution in [-0.2, 0) is 4.74 Å². The van der Waals surface area contributed by atoms with Crippen molar-refractivity contribution in [3.8, 4) is 11.5 Å². The minimum Gasteiger partial charge on any atom is -0.497 e. The summed E-state index contributed by atoms with van der Waals surface area (Å²) in [4.78, 5) is 10.9. The smallest absolute Gasteiger partial charge is 0.229 e. The molecular weight excluding hydrogens is 332 g/mol. The van der Waals surface area contributed by atoms with Crippen LogP contribution in [0.25, 0.3) is 0 Å². The van der Waals surface area contributed by atoms with Crippen molar-refractivity contribution in [3.63, 3.8) is 0 Å². The Labute approximate surface area is 145 Å². The van der Waals surface area contributed by atoms with Gasteiger partial charge in [-0.3, -0.25) is 0 Å². The van der Waals surface area contributed by atoms with Crippen molar-refractivity contribution in [1.82, 2.24) is 9.97 Å². The molecule has 1 aliphatic heterocycles. The molecule has 0 bridgehead atoms. The molecular formula is C16H19ClN4O3.